The molecule has 8 nitrogen and oxygen atoms in total. The Kier molecular flexibility index (Phi) is 6.40. The van der Waals surface area contributed by atoms with Crippen LogP contribution in [-0.4, -0.2) is 31.5 Å². The van der Waals surface area contributed by atoms with E-state index in [1.54, 1.807) is 6.92 Å². The molecule has 1 atom stereocenters. The van der Waals surface area contributed by atoms with Crippen LogP contribution < -0.4 is 9.62 Å². The molecule has 0 saturated heterocycles. The van der Waals surface area contributed by atoms with Gasteiger partial charge in [0.05, 0.1) is 16.9 Å². The number of non-ortho nitro benzene ring substituents is 1. The zero-order chi connectivity index (χ0) is 21.1. The summed E-state index contributed by atoms with van der Waals surface area (Å²) in [5.41, 5.74) is 2.29. The first kappa shape index (κ1) is 21.4. The van der Waals surface area contributed by atoms with Crippen LogP contribution in [0.5, 0.6) is 0 Å². The molecule has 0 heterocycles. The van der Waals surface area contributed by atoms with Gasteiger partial charge in [-0.1, -0.05) is 30.3 Å². The molecule has 0 spiro atoms. The summed E-state index contributed by atoms with van der Waals surface area (Å²) in [5.74, 6) is -0.500. The summed E-state index contributed by atoms with van der Waals surface area (Å²) in [7, 11) is -3.87. The minimum Gasteiger partial charge on any atom is -0.350 e. The smallest absolute Gasteiger partial charge is 0.271 e. The van der Waals surface area contributed by atoms with Gasteiger partial charge < -0.3 is 5.32 Å². The average Bonchev–Trinajstić information content (AvgIpc) is 2.61. The number of carbonyl (C=O) groups excluding carboxylic acids is 1. The van der Waals surface area contributed by atoms with Crippen LogP contribution in [0.15, 0.2) is 42.5 Å². The van der Waals surface area contributed by atoms with E-state index in [1.807, 2.05) is 31.2 Å². The second-order valence-corrected chi connectivity index (χ2v) is 8.47. The van der Waals surface area contributed by atoms with Crippen LogP contribution in [0.3, 0.4) is 0 Å². The third kappa shape index (κ3) is 4.86. The molecular formula is C19H23N3O5S. The Bertz CT molecular complexity index is 1000. The normalized spacial score (nSPS) is 12.3. The van der Waals surface area contributed by atoms with E-state index >= 15 is 0 Å². The highest BCUT2D eigenvalue weighted by atomic mass is 32.2. The molecule has 0 aliphatic rings. The van der Waals surface area contributed by atoms with Gasteiger partial charge >= 0.3 is 0 Å². The van der Waals surface area contributed by atoms with E-state index in [0.29, 0.717) is 5.56 Å². The number of sulfonamides is 1. The second-order valence-electron chi connectivity index (χ2n) is 6.61. The number of aryl methyl sites for hydroxylation is 2. The van der Waals surface area contributed by atoms with Crippen molar-refractivity contribution in [2.24, 2.45) is 0 Å². The van der Waals surface area contributed by atoms with E-state index in [0.717, 1.165) is 21.7 Å². The van der Waals surface area contributed by atoms with Crippen LogP contribution in [0, 0.1) is 24.0 Å². The lowest BCUT2D eigenvalue weighted by molar-refractivity contribution is -0.384. The molecule has 0 aromatic heterocycles. The fraction of sp³-hybridized carbons (Fsp3) is 0.316. The molecule has 0 fully saturated rings. The number of nitro benzene ring substituents is 1. The second kappa shape index (κ2) is 8.39. The molecule has 1 N–H and O–H groups in total. The molecule has 150 valence electrons. The zero-order valence-corrected chi connectivity index (χ0v) is 17.0. The van der Waals surface area contributed by atoms with E-state index in [2.05, 4.69) is 5.32 Å². The summed E-state index contributed by atoms with van der Waals surface area (Å²) in [6.45, 7) is 5.25. The molecule has 0 bridgehead atoms. The first-order valence-electron chi connectivity index (χ1n) is 8.59. The molecule has 0 aliphatic carbocycles. The molecule has 9 heteroatoms. The lowest BCUT2D eigenvalue weighted by Crippen LogP contribution is -2.48. The number of carbonyl (C=O) groups is 1. The number of anilines is 1. The van der Waals surface area contributed by atoms with Gasteiger partial charge in [0.15, 0.2) is 0 Å². The van der Waals surface area contributed by atoms with Gasteiger partial charge in [-0.15, -0.1) is 0 Å². The number of nitrogens with zero attached hydrogens (tertiary/aromatic N) is 2. The van der Waals surface area contributed by atoms with Crippen molar-refractivity contribution in [3.63, 3.8) is 0 Å². The van der Waals surface area contributed by atoms with Crippen LogP contribution in [0.4, 0.5) is 11.4 Å². The molecule has 28 heavy (non-hydrogen) atoms. The van der Waals surface area contributed by atoms with E-state index in [-0.39, 0.29) is 17.9 Å². The molecule has 0 aliphatic heterocycles. The van der Waals surface area contributed by atoms with Gasteiger partial charge in [0, 0.05) is 18.7 Å². The van der Waals surface area contributed by atoms with Crippen LogP contribution in [0.1, 0.15) is 23.6 Å². The number of nitrogens with one attached hydrogen (secondary N) is 1. The maximum atomic E-state index is 12.7. The van der Waals surface area contributed by atoms with Crippen LogP contribution in [-0.2, 0) is 21.4 Å². The number of amides is 1. The highest BCUT2D eigenvalue weighted by Crippen LogP contribution is 2.29. The molecular weight excluding hydrogens is 382 g/mol. The van der Waals surface area contributed by atoms with Gasteiger partial charge in [-0.25, -0.2) is 8.42 Å². The Morgan fingerprint density at radius 1 is 1.18 bits per heavy atom. The van der Waals surface area contributed by atoms with Gasteiger partial charge in [0.25, 0.3) is 5.69 Å². The zero-order valence-electron chi connectivity index (χ0n) is 16.2. The van der Waals surface area contributed by atoms with Crippen molar-refractivity contribution in [3.8, 4) is 0 Å². The summed E-state index contributed by atoms with van der Waals surface area (Å²) in [6.07, 6.45) is 0.969. The van der Waals surface area contributed by atoms with Gasteiger partial charge in [0.1, 0.15) is 6.04 Å². The van der Waals surface area contributed by atoms with Crippen molar-refractivity contribution < 1.29 is 18.1 Å². The van der Waals surface area contributed by atoms with Crippen LogP contribution in [0.2, 0.25) is 0 Å². The Labute approximate surface area is 164 Å². The lowest BCUT2D eigenvalue weighted by Gasteiger charge is -2.29. The van der Waals surface area contributed by atoms with Crippen LogP contribution in [0.25, 0.3) is 0 Å². The van der Waals surface area contributed by atoms with Gasteiger partial charge in [-0.3, -0.25) is 19.2 Å². The quantitative estimate of drug-likeness (QED) is 0.563. The predicted molar refractivity (Wildman–Crippen MR) is 108 cm³/mol. The number of hydrogen-bond acceptors (Lipinski definition) is 5. The average molecular weight is 405 g/mol. The van der Waals surface area contributed by atoms with Crippen molar-refractivity contribution in [1.29, 1.82) is 0 Å². The van der Waals surface area contributed by atoms with Crippen molar-refractivity contribution in [3.05, 3.63) is 69.3 Å². The highest BCUT2D eigenvalue weighted by molar-refractivity contribution is 7.92. The molecule has 1 amide bonds. The highest BCUT2D eigenvalue weighted by Gasteiger charge is 2.31. The number of benzene rings is 2. The molecule has 0 saturated carbocycles. The van der Waals surface area contributed by atoms with E-state index in [9.17, 15) is 23.3 Å². The maximum absolute atomic E-state index is 12.7. The minimum atomic E-state index is -3.87. The maximum Gasteiger partial charge on any atom is 0.271 e. The monoisotopic (exact) mass is 405 g/mol. The molecule has 1 unspecified atom stereocenters. The Balaban J connectivity index is 2.33. The van der Waals surface area contributed by atoms with E-state index in [1.165, 1.54) is 25.1 Å². The summed E-state index contributed by atoms with van der Waals surface area (Å²) in [4.78, 5) is 23.2. The first-order chi connectivity index (χ1) is 13.0. The van der Waals surface area contributed by atoms with Gasteiger partial charge in [0.2, 0.25) is 15.9 Å². The van der Waals surface area contributed by atoms with Crippen molar-refractivity contribution in [1.82, 2.24) is 5.32 Å². The minimum absolute atomic E-state index is 0.107. The fourth-order valence-corrected chi connectivity index (χ4v) is 4.09. The molecule has 2 rings (SSSR count). The Morgan fingerprint density at radius 3 is 2.39 bits per heavy atom. The SMILES string of the molecule is Cc1ccccc1CNC(=O)C(C)N(c1cc([N+](=O)[O-])ccc1C)S(C)(=O)=O. The Hall–Kier alpha value is -2.94. The van der Waals surface area contributed by atoms with Gasteiger partial charge in [-0.2, -0.15) is 0 Å². The third-order valence-electron chi connectivity index (χ3n) is 4.44. The largest absolute Gasteiger partial charge is 0.350 e. The topological polar surface area (TPSA) is 110 Å². The summed E-state index contributed by atoms with van der Waals surface area (Å²) >= 11 is 0. The third-order valence-corrected chi connectivity index (χ3v) is 5.67. The fourth-order valence-electron chi connectivity index (χ4n) is 2.87. The molecule has 2 aromatic rings. The number of nitro groups is 1. The summed E-state index contributed by atoms with van der Waals surface area (Å²) in [6, 6.07) is 10.4. The summed E-state index contributed by atoms with van der Waals surface area (Å²) < 4.78 is 25.8. The first-order valence-corrected chi connectivity index (χ1v) is 10.4. The van der Waals surface area contributed by atoms with Crippen molar-refractivity contribution >= 4 is 27.3 Å². The molecule has 0 radical (unpaired) electrons. The van der Waals surface area contributed by atoms with E-state index in [4.69, 9.17) is 0 Å². The Morgan fingerprint density at radius 2 is 1.82 bits per heavy atom. The van der Waals surface area contributed by atoms with E-state index < -0.39 is 26.9 Å². The van der Waals surface area contributed by atoms with Crippen molar-refractivity contribution in [2.75, 3.05) is 10.6 Å². The summed E-state index contributed by atoms with van der Waals surface area (Å²) in [5, 5.41) is 13.8. The van der Waals surface area contributed by atoms with Gasteiger partial charge in [-0.05, 0) is 37.5 Å². The predicted octanol–water partition coefficient (Wildman–Crippen LogP) is 2.68. The lowest BCUT2D eigenvalue weighted by atomic mass is 10.1. The van der Waals surface area contributed by atoms with Crippen LogP contribution >= 0.6 is 0 Å². The number of hydrogen-bond donors (Lipinski definition) is 1. The number of rotatable bonds is 7. The standard InChI is InChI=1S/C19H23N3O5S/c1-13-7-5-6-8-16(13)12-20-19(23)15(3)21(28(4,26)27)18-11-17(22(24)25)10-9-14(18)2/h5-11,15H,12H2,1-4H3,(H,20,23). The molecule has 2 aromatic carbocycles. The van der Waals surface area contributed by atoms with Crippen molar-refractivity contribution in [2.45, 2.75) is 33.4 Å².